The van der Waals surface area contributed by atoms with Crippen molar-refractivity contribution in [3.63, 3.8) is 0 Å². The zero-order valence-electron chi connectivity index (χ0n) is 5.39. The summed E-state index contributed by atoms with van der Waals surface area (Å²) in [6.45, 7) is 5.48. The molecule has 0 nitrogen and oxygen atoms in total. The maximum Gasteiger partial charge on any atom is 0.0542 e. The van der Waals surface area contributed by atoms with E-state index in [1.807, 2.05) is 31.2 Å². The van der Waals surface area contributed by atoms with Gasteiger partial charge < -0.3 is 0 Å². The molecule has 48 valence electrons. The number of hydrogen-bond donors (Lipinski definition) is 0. The van der Waals surface area contributed by atoms with Gasteiger partial charge in [-0.2, -0.15) is 0 Å². The topological polar surface area (TPSA) is 0 Å². The molecule has 0 N–H and O–H groups in total. The molecule has 0 aromatic carbocycles. The van der Waals surface area contributed by atoms with Crippen LogP contribution in [0.5, 0.6) is 0 Å². The van der Waals surface area contributed by atoms with E-state index in [4.69, 9.17) is 0 Å². The normalized spacial score (nSPS) is 10.4. The first-order valence-electron chi connectivity index (χ1n) is 2.66. The molecule has 0 aromatic heterocycles. The fourth-order valence-corrected chi connectivity index (χ4v) is 0.518. The molecule has 0 saturated carbocycles. The van der Waals surface area contributed by atoms with Crippen LogP contribution in [0.25, 0.3) is 0 Å². The van der Waals surface area contributed by atoms with E-state index in [0.29, 0.717) is 0 Å². The summed E-state index contributed by atoms with van der Waals surface area (Å²) < 4.78 is 1.03. The van der Waals surface area contributed by atoms with Gasteiger partial charge in [-0.1, -0.05) is 24.8 Å². The number of halogens is 1. The minimum atomic E-state index is 1.03. The summed E-state index contributed by atoms with van der Waals surface area (Å²) in [6, 6.07) is 0. The van der Waals surface area contributed by atoms with Crippen molar-refractivity contribution in [3.8, 4) is 0 Å². The van der Waals surface area contributed by atoms with Crippen molar-refractivity contribution in [3.05, 3.63) is 40.2 Å². The van der Waals surface area contributed by atoms with E-state index in [-0.39, 0.29) is 0 Å². The van der Waals surface area contributed by atoms with E-state index in [1.54, 1.807) is 0 Å². The first-order valence-corrected chi connectivity index (χ1v) is 3.74. The molecule has 0 rings (SSSR count). The second-order valence-corrected chi connectivity index (χ2v) is 2.57. The van der Waals surface area contributed by atoms with Crippen molar-refractivity contribution in [2.45, 2.75) is 6.92 Å². The Bertz CT molecular complexity index is 169. The highest BCUT2D eigenvalue weighted by atomic mass is 127. The summed E-state index contributed by atoms with van der Waals surface area (Å²) in [4.78, 5) is 0. The Labute approximate surface area is 69.8 Å². The zero-order chi connectivity index (χ0) is 7.11. The average molecular weight is 232 g/mol. The van der Waals surface area contributed by atoms with Crippen molar-refractivity contribution >= 4 is 22.6 Å². The van der Waals surface area contributed by atoms with E-state index >= 15 is 0 Å². The van der Waals surface area contributed by atoms with Crippen LogP contribution in [0, 0.1) is 0 Å². The minimum absolute atomic E-state index is 1.03. The summed E-state index contributed by atoms with van der Waals surface area (Å²) in [6.07, 6.45) is 7.85. The smallest absolute Gasteiger partial charge is 0.0542 e. The van der Waals surface area contributed by atoms with Crippen LogP contribution in [0.4, 0.5) is 0 Å². The Hall–Kier alpha value is -0.270. The van der Waals surface area contributed by atoms with Gasteiger partial charge in [-0.05, 0) is 35.6 Å². The van der Waals surface area contributed by atoms with E-state index in [9.17, 15) is 0 Å². The Balaban J connectivity index is 3.85. The summed E-state index contributed by atoms with van der Waals surface area (Å²) in [5.74, 6) is 0. The summed E-state index contributed by atoms with van der Waals surface area (Å²) in [5, 5.41) is 0. The molecule has 0 atom stereocenters. The van der Waals surface area contributed by atoms with Gasteiger partial charge in [-0.25, -0.2) is 0 Å². The predicted octanol–water partition coefficient (Wildman–Crippen LogP) is 3.22. The van der Waals surface area contributed by atoms with E-state index in [2.05, 4.69) is 34.9 Å². The average Bonchev–Trinajstić information content (AvgIpc) is 1.89. The molecule has 0 amide bonds. The van der Waals surface area contributed by atoms with Crippen LogP contribution in [-0.4, -0.2) is 0 Å². The zero-order valence-corrected chi connectivity index (χ0v) is 7.55. The second kappa shape index (κ2) is 5.86. The van der Waals surface area contributed by atoms with Crippen LogP contribution in [0.2, 0.25) is 0 Å². The van der Waals surface area contributed by atoms with Crippen LogP contribution >= 0.6 is 22.6 Å². The lowest BCUT2D eigenvalue weighted by Crippen LogP contribution is -1.53. The number of rotatable bonds is 2. The first kappa shape index (κ1) is 8.73. The molecular formula is C8H9I. The maximum atomic E-state index is 3.49. The van der Waals surface area contributed by atoms with Crippen molar-refractivity contribution < 1.29 is 0 Å². The highest BCUT2D eigenvalue weighted by molar-refractivity contribution is 14.1. The van der Waals surface area contributed by atoms with Gasteiger partial charge in [0.2, 0.25) is 0 Å². The van der Waals surface area contributed by atoms with Crippen molar-refractivity contribution in [2.75, 3.05) is 0 Å². The molecule has 0 heterocycles. The first-order chi connectivity index (χ1) is 4.31. The van der Waals surface area contributed by atoms with Gasteiger partial charge in [-0.3, -0.25) is 0 Å². The Kier molecular flexibility index (Phi) is 5.68. The van der Waals surface area contributed by atoms with E-state index < -0.39 is 0 Å². The van der Waals surface area contributed by atoms with E-state index in [0.717, 1.165) is 3.58 Å². The second-order valence-electron chi connectivity index (χ2n) is 1.41. The van der Waals surface area contributed by atoms with Crippen LogP contribution in [-0.2, 0) is 0 Å². The third-order valence-electron chi connectivity index (χ3n) is 0.715. The number of hydrogen-bond acceptors (Lipinski definition) is 0. The lowest BCUT2D eigenvalue weighted by atomic mass is 10.4. The van der Waals surface area contributed by atoms with Gasteiger partial charge in [-0.15, -0.1) is 5.73 Å². The molecule has 1 heteroatoms. The molecule has 9 heavy (non-hydrogen) atoms. The third-order valence-corrected chi connectivity index (χ3v) is 1.46. The quantitative estimate of drug-likeness (QED) is 0.389. The highest BCUT2D eigenvalue weighted by Gasteiger charge is 1.72. The monoisotopic (exact) mass is 232 g/mol. The lowest BCUT2D eigenvalue weighted by Gasteiger charge is -1.76. The van der Waals surface area contributed by atoms with Crippen LogP contribution in [0.15, 0.2) is 40.2 Å². The Morgan fingerprint density at radius 2 is 2.22 bits per heavy atom. The molecule has 0 aromatic rings. The molecule has 0 aliphatic rings. The molecule has 0 aliphatic carbocycles. The largest absolute Gasteiger partial charge is 0.114 e. The fraction of sp³-hybridized carbons (Fsp3) is 0.125. The summed E-state index contributed by atoms with van der Waals surface area (Å²) in [5.41, 5.74) is 2.76. The van der Waals surface area contributed by atoms with Gasteiger partial charge >= 0.3 is 0 Å². The van der Waals surface area contributed by atoms with Crippen molar-refractivity contribution in [1.82, 2.24) is 0 Å². The molecular weight excluding hydrogens is 223 g/mol. The van der Waals surface area contributed by atoms with Gasteiger partial charge in [0.25, 0.3) is 0 Å². The minimum Gasteiger partial charge on any atom is -0.114 e. The van der Waals surface area contributed by atoms with Crippen LogP contribution in [0.1, 0.15) is 6.92 Å². The summed E-state index contributed by atoms with van der Waals surface area (Å²) >= 11 is 2.17. The molecule has 0 aliphatic heterocycles. The third kappa shape index (κ3) is 5.60. The van der Waals surface area contributed by atoms with Crippen LogP contribution < -0.4 is 0 Å². The molecule has 0 radical (unpaired) electrons. The highest BCUT2D eigenvalue weighted by Crippen LogP contribution is 2.03. The fourth-order valence-electron chi connectivity index (χ4n) is 0.310. The molecule has 0 bridgehead atoms. The molecule has 0 saturated heterocycles. The lowest BCUT2D eigenvalue weighted by molar-refractivity contribution is 1.73. The van der Waals surface area contributed by atoms with Gasteiger partial charge in [0, 0.05) is 0 Å². The van der Waals surface area contributed by atoms with Gasteiger partial charge in [0.05, 0.1) is 3.58 Å². The molecule has 0 spiro atoms. The van der Waals surface area contributed by atoms with E-state index in [1.165, 1.54) is 0 Å². The van der Waals surface area contributed by atoms with Gasteiger partial charge in [0.15, 0.2) is 0 Å². The van der Waals surface area contributed by atoms with Crippen LogP contribution in [0.3, 0.4) is 0 Å². The molecule has 0 unspecified atom stereocenters. The Morgan fingerprint density at radius 1 is 1.56 bits per heavy atom. The van der Waals surface area contributed by atoms with Crippen molar-refractivity contribution in [1.29, 1.82) is 0 Å². The molecule has 0 fully saturated rings. The maximum absolute atomic E-state index is 3.49. The summed E-state index contributed by atoms with van der Waals surface area (Å²) in [7, 11) is 0. The SMILES string of the molecule is C=C=C(I)/C=C\C=C/C. The predicted molar refractivity (Wildman–Crippen MR) is 50.6 cm³/mol. The van der Waals surface area contributed by atoms with Crippen molar-refractivity contribution in [2.24, 2.45) is 0 Å². The standard InChI is InChI=1S/C8H9I/c1-3-5-6-7-8(9)4-2/h3,5-7H,2H2,1H3/b5-3-,7-6-. The Morgan fingerprint density at radius 3 is 2.67 bits per heavy atom. The van der Waals surface area contributed by atoms with Gasteiger partial charge in [0.1, 0.15) is 0 Å². The number of allylic oxidation sites excluding steroid dienone is 5.